The van der Waals surface area contributed by atoms with Crippen molar-refractivity contribution in [2.45, 2.75) is 51.5 Å². The maximum atomic E-state index is 11.9. The number of aryl methyl sites for hydroxylation is 1. The highest BCUT2D eigenvalue weighted by Crippen LogP contribution is 2.37. The van der Waals surface area contributed by atoms with Gasteiger partial charge in [0.15, 0.2) is 5.75 Å². The first-order valence-corrected chi connectivity index (χ1v) is 9.92. The number of benzene rings is 1. The Balaban J connectivity index is 1.69. The van der Waals surface area contributed by atoms with Gasteiger partial charge in [0, 0.05) is 17.1 Å². The molecular formula is C21H23N5O3. The molecule has 2 heterocycles. The molecule has 3 aromatic rings. The zero-order valence-electron chi connectivity index (χ0n) is 16.3. The lowest BCUT2D eigenvalue weighted by Crippen LogP contribution is -2.20. The molecule has 0 saturated heterocycles. The zero-order chi connectivity index (χ0) is 20.2. The molecule has 0 amide bonds. The number of anilines is 1. The van der Waals surface area contributed by atoms with E-state index in [4.69, 9.17) is 4.74 Å². The van der Waals surface area contributed by atoms with Crippen LogP contribution < -0.4 is 10.1 Å². The first-order valence-electron chi connectivity index (χ1n) is 9.92. The number of nitro groups is 1. The molecule has 1 N–H and O–H groups in total. The van der Waals surface area contributed by atoms with E-state index in [1.807, 2.05) is 31.2 Å². The molecule has 0 spiro atoms. The fraction of sp³-hybridized carbons (Fsp3) is 0.381. The Morgan fingerprint density at radius 2 is 1.90 bits per heavy atom. The second-order valence-corrected chi connectivity index (χ2v) is 7.35. The highest BCUT2D eigenvalue weighted by atomic mass is 16.6. The number of nitrogens with one attached hydrogen (secondary N) is 1. The van der Waals surface area contributed by atoms with E-state index in [1.54, 1.807) is 6.07 Å². The largest absolute Gasteiger partial charge is 0.431 e. The van der Waals surface area contributed by atoms with Gasteiger partial charge >= 0.3 is 11.6 Å². The summed E-state index contributed by atoms with van der Waals surface area (Å²) in [6.07, 6.45) is 7.87. The van der Waals surface area contributed by atoms with E-state index in [0.717, 1.165) is 36.8 Å². The molecule has 0 radical (unpaired) electrons. The second-order valence-electron chi connectivity index (χ2n) is 7.35. The first-order chi connectivity index (χ1) is 14.1. The van der Waals surface area contributed by atoms with Crippen LogP contribution in [0.5, 0.6) is 11.6 Å². The Kier molecular flexibility index (Phi) is 5.50. The molecule has 0 bridgehead atoms. The van der Waals surface area contributed by atoms with Crippen molar-refractivity contribution in [1.82, 2.24) is 15.0 Å². The van der Waals surface area contributed by atoms with Crippen molar-refractivity contribution in [3.63, 3.8) is 0 Å². The Morgan fingerprint density at radius 1 is 1.10 bits per heavy atom. The van der Waals surface area contributed by atoms with Crippen LogP contribution in [-0.4, -0.2) is 25.9 Å². The molecule has 0 aliphatic heterocycles. The molecule has 150 valence electrons. The topological polar surface area (TPSA) is 103 Å². The fourth-order valence-electron chi connectivity index (χ4n) is 3.73. The minimum absolute atomic E-state index is 0.0862. The van der Waals surface area contributed by atoms with Gasteiger partial charge in [0.1, 0.15) is 11.8 Å². The highest BCUT2D eigenvalue weighted by Gasteiger charge is 2.27. The van der Waals surface area contributed by atoms with Crippen LogP contribution in [-0.2, 0) is 0 Å². The lowest BCUT2D eigenvalue weighted by Gasteiger charge is -2.17. The predicted molar refractivity (Wildman–Crippen MR) is 110 cm³/mol. The van der Waals surface area contributed by atoms with E-state index < -0.39 is 4.92 Å². The fourth-order valence-corrected chi connectivity index (χ4v) is 3.73. The summed E-state index contributed by atoms with van der Waals surface area (Å²) in [5.41, 5.74) is 1.22. The Hall–Kier alpha value is -3.29. The standard InChI is InChI=1S/C21H23N5O3/c1-14-11-12-15-7-6-10-17(18(15)24-14)29-21-19(26(27)28)20(22-13-23-21)25-16-8-4-2-3-5-9-16/h6-7,10-13,16H,2-5,8-9H2,1H3,(H,22,23,25). The summed E-state index contributed by atoms with van der Waals surface area (Å²) in [5.74, 6) is 0.543. The number of fused-ring (bicyclic) bond motifs is 1. The average Bonchev–Trinajstić information content (AvgIpc) is 2.97. The molecule has 1 aromatic carbocycles. The summed E-state index contributed by atoms with van der Waals surface area (Å²) < 4.78 is 5.90. The predicted octanol–water partition coefficient (Wildman–Crippen LogP) is 5.17. The molecule has 4 rings (SSSR count). The van der Waals surface area contributed by atoms with Gasteiger partial charge < -0.3 is 10.1 Å². The molecule has 0 atom stereocenters. The van der Waals surface area contributed by atoms with Gasteiger partial charge in [-0.25, -0.2) is 9.97 Å². The van der Waals surface area contributed by atoms with Gasteiger partial charge in [0.2, 0.25) is 5.82 Å². The van der Waals surface area contributed by atoms with Crippen LogP contribution in [0, 0.1) is 17.0 Å². The van der Waals surface area contributed by atoms with Gasteiger partial charge in [-0.3, -0.25) is 10.1 Å². The summed E-state index contributed by atoms with van der Waals surface area (Å²) in [5, 5.41) is 16.0. The monoisotopic (exact) mass is 393 g/mol. The number of aromatic nitrogens is 3. The summed E-state index contributed by atoms with van der Waals surface area (Å²) in [4.78, 5) is 24.1. The number of hydrogen-bond acceptors (Lipinski definition) is 7. The average molecular weight is 393 g/mol. The van der Waals surface area contributed by atoms with Gasteiger partial charge in [0.05, 0.1) is 4.92 Å². The Labute approximate surface area is 168 Å². The zero-order valence-corrected chi connectivity index (χ0v) is 16.3. The SMILES string of the molecule is Cc1ccc2cccc(Oc3ncnc(NC4CCCCCC4)c3[N+](=O)[O-])c2n1. The molecule has 1 aliphatic rings. The van der Waals surface area contributed by atoms with E-state index >= 15 is 0 Å². The quantitative estimate of drug-likeness (QED) is 0.362. The third-order valence-corrected chi connectivity index (χ3v) is 5.20. The maximum Gasteiger partial charge on any atom is 0.373 e. The van der Waals surface area contributed by atoms with E-state index in [9.17, 15) is 10.1 Å². The second kappa shape index (κ2) is 8.38. The molecule has 1 fully saturated rings. The molecule has 8 nitrogen and oxygen atoms in total. The molecule has 1 saturated carbocycles. The van der Waals surface area contributed by atoms with Crippen molar-refractivity contribution >= 4 is 22.4 Å². The van der Waals surface area contributed by atoms with Crippen LogP contribution >= 0.6 is 0 Å². The normalized spacial score (nSPS) is 15.1. The lowest BCUT2D eigenvalue weighted by atomic mass is 10.1. The van der Waals surface area contributed by atoms with E-state index in [2.05, 4.69) is 20.3 Å². The van der Waals surface area contributed by atoms with Gasteiger partial charge in [0.25, 0.3) is 0 Å². The molecular weight excluding hydrogens is 370 g/mol. The molecule has 29 heavy (non-hydrogen) atoms. The van der Waals surface area contributed by atoms with Crippen molar-refractivity contribution in [2.75, 3.05) is 5.32 Å². The van der Waals surface area contributed by atoms with Crippen LogP contribution in [0.3, 0.4) is 0 Å². The number of pyridine rings is 1. The smallest absolute Gasteiger partial charge is 0.373 e. The van der Waals surface area contributed by atoms with Crippen molar-refractivity contribution < 1.29 is 9.66 Å². The molecule has 2 aromatic heterocycles. The number of nitrogens with zero attached hydrogens (tertiary/aromatic N) is 4. The van der Waals surface area contributed by atoms with Crippen LogP contribution in [0.25, 0.3) is 10.9 Å². The Morgan fingerprint density at radius 3 is 2.66 bits per heavy atom. The van der Waals surface area contributed by atoms with Crippen LogP contribution in [0.1, 0.15) is 44.2 Å². The number of para-hydroxylation sites is 1. The van der Waals surface area contributed by atoms with Crippen molar-refractivity contribution in [3.05, 3.63) is 52.5 Å². The summed E-state index contributed by atoms with van der Waals surface area (Å²) >= 11 is 0. The lowest BCUT2D eigenvalue weighted by molar-refractivity contribution is -0.385. The summed E-state index contributed by atoms with van der Waals surface area (Å²) in [7, 11) is 0. The van der Waals surface area contributed by atoms with Crippen LogP contribution in [0.15, 0.2) is 36.7 Å². The van der Waals surface area contributed by atoms with Gasteiger partial charge in [-0.1, -0.05) is 43.9 Å². The Bertz CT molecular complexity index is 1030. The van der Waals surface area contributed by atoms with Crippen molar-refractivity contribution in [3.8, 4) is 11.6 Å². The van der Waals surface area contributed by atoms with Crippen molar-refractivity contribution in [2.24, 2.45) is 0 Å². The minimum atomic E-state index is -0.488. The van der Waals surface area contributed by atoms with Gasteiger partial charge in [-0.2, -0.15) is 4.98 Å². The third kappa shape index (κ3) is 4.26. The third-order valence-electron chi connectivity index (χ3n) is 5.20. The van der Waals surface area contributed by atoms with Gasteiger partial charge in [-0.05, 0) is 31.9 Å². The first kappa shape index (κ1) is 19.0. The van der Waals surface area contributed by atoms with Gasteiger partial charge in [-0.15, -0.1) is 0 Å². The number of hydrogen-bond donors (Lipinski definition) is 1. The molecule has 0 unspecified atom stereocenters. The van der Waals surface area contributed by atoms with E-state index in [0.29, 0.717) is 11.3 Å². The minimum Gasteiger partial charge on any atom is -0.431 e. The number of ether oxygens (including phenoxy) is 1. The number of rotatable bonds is 5. The van der Waals surface area contributed by atoms with Crippen LogP contribution in [0.2, 0.25) is 0 Å². The maximum absolute atomic E-state index is 11.9. The molecule has 1 aliphatic carbocycles. The van der Waals surface area contributed by atoms with E-state index in [1.165, 1.54) is 19.2 Å². The molecule has 8 heteroatoms. The summed E-state index contributed by atoms with van der Waals surface area (Å²) in [6.45, 7) is 1.89. The van der Waals surface area contributed by atoms with Crippen LogP contribution in [0.4, 0.5) is 11.5 Å². The summed E-state index contributed by atoms with van der Waals surface area (Å²) in [6, 6.07) is 9.50. The van der Waals surface area contributed by atoms with E-state index in [-0.39, 0.29) is 23.4 Å². The highest BCUT2D eigenvalue weighted by molar-refractivity contribution is 5.85. The van der Waals surface area contributed by atoms with Crippen molar-refractivity contribution in [1.29, 1.82) is 0 Å².